The summed E-state index contributed by atoms with van der Waals surface area (Å²) < 4.78 is 8.62. The molecule has 160 valence electrons. The smallest absolute Gasteiger partial charge is 0.330 e. The van der Waals surface area contributed by atoms with E-state index < -0.39 is 17.4 Å². The first kappa shape index (κ1) is 21.2. The fourth-order valence-electron chi connectivity index (χ4n) is 3.29. The lowest BCUT2D eigenvalue weighted by molar-refractivity contribution is 0.173. The molecule has 0 aliphatic heterocycles. The van der Waals surface area contributed by atoms with Gasteiger partial charge in [-0.2, -0.15) is 0 Å². The van der Waals surface area contributed by atoms with Crippen LogP contribution in [-0.2, 0) is 13.6 Å². The highest BCUT2D eigenvalue weighted by Crippen LogP contribution is 2.34. The van der Waals surface area contributed by atoms with E-state index in [-0.39, 0.29) is 17.7 Å². The van der Waals surface area contributed by atoms with Crippen molar-refractivity contribution >= 4 is 34.4 Å². The van der Waals surface area contributed by atoms with Crippen molar-refractivity contribution in [3.05, 3.63) is 73.3 Å². The van der Waals surface area contributed by atoms with E-state index in [0.717, 1.165) is 0 Å². The summed E-state index contributed by atoms with van der Waals surface area (Å²) in [6.07, 6.45) is -0.795. The molecule has 0 aliphatic rings. The molecule has 4 rings (SSSR count). The quantitative estimate of drug-likeness (QED) is 0.473. The van der Waals surface area contributed by atoms with Crippen molar-refractivity contribution in [2.24, 2.45) is 7.05 Å². The van der Waals surface area contributed by atoms with Crippen LogP contribution >= 0.6 is 23.2 Å². The van der Waals surface area contributed by atoms with E-state index in [1.165, 1.54) is 4.57 Å². The summed E-state index contributed by atoms with van der Waals surface area (Å²) in [5.41, 5.74) is -0.162. The van der Waals surface area contributed by atoms with E-state index in [0.29, 0.717) is 32.9 Å². The van der Waals surface area contributed by atoms with Gasteiger partial charge >= 0.3 is 5.69 Å². The highest BCUT2D eigenvalue weighted by Gasteiger charge is 2.19. The number of aliphatic hydroxyl groups excluding tert-OH is 1. The van der Waals surface area contributed by atoms with Crippen LogP contribution in [0, 0.1) is 0 Å². The third-order valence-electron chi connectivity index (χ3n) is 4.69. The van der Waals surface area contributed by atoms with Crippen molar-refractivity contribution in [3.63, 3.8) is 0 Å². The third kappa shape index (κ3) is 4.10. The van der Waals surface area contributed by atoms with Crippen LogP contribution in [0.2, 0.25) is 10.0 Å². The van der Waals surface area contributed by atoms with Crippen LogP contribution in [-0.4, -0.2) is 30.3 Å². The second-order valence-corrected chi connectivity index (χ2v) is 7.93. The predicted octanol–water partition coefficient (Wildman–Crippen LogP) is 3.57. The van der Waals surface area contributed by atoms with Gasteiger partial charge in [0.05, 0.1) is 17.7 Å². The molecule has 1 unspecified atom stereocenters. The molecule has 2 aromatic carbocycles. The SMILES string of the molecule is CC(O)Cn1c(=O)[nH]c(=O)c2c1nc(-c1ccc(Oc3ccc(Cl)cc3)c(Cl)c1)n2C. The Morgan fingerprint density at radius 2 is 1.87 bits per heavy atom. The Balaban J connectivity index is 1.78. The molecule has 2 heterocycles. The number of aromatic amines is 1. The molecule has 2 aromatic heterocycles. The van der Waals surface area contributed by atoms with Crippen LogP contribution in [0.3, 0.4) is 0 Å². The van der Waals surface area contributed by atoms with Gasteiger partial charge in [-0.05, 0) is 49.4 Å². The number of hydrogen-bond acceptors (Lipinski definition) is 5. The van der Waals surface area contributed by atoms with Crippen LogP contribution < -0.4 is 16.0 Å². The number of imidazole rings is 1. The summed E-state index contributed by atoms with van der Waals surface area (Å²) >= 11 is 12.3. The fraction of sp³-hybridized carbons (Fsp3) is 0.190. The number of nitrogens with zero attached hydrogens (tertiary/aromatic N) is 3. The second-order valence-electron chi connectivity index (χ2n) is 7.09. The molecule has 2 N–H and O–H groups in total. The molecule has 0 saturated carbocycles. The highest BCUT2D eigenvalue weighted by molar-refractivity contribution is 6.32. The Morgan fingerprint density at radius 1 is 1.16 bits per heavy atom. The molecule has 0 radical (unpaired) electrons. The number of aromatic nitrogens is 4. The summed E-state index contributed by atoms with van der Waals surface area (Å²) in [6.45, 7) is 1.55. The Bertz CT molecular complexity index is 1390. The van der Waals surface area contributed by atoms with Gasteiger partial charge in [-0.1, -0.05) is 23.2 Å². The number of fused-ring (bicyclic) bond motifs is 1. The van der Waals surface area contributed by atoms with E-state index in [4.69, 9.17) is 27.9 Å². The topological polar surface area (TPSA) is 102 Å². The van der Waals surface area contributed by atoms with Crippen molar-refractivity contribution in [1.82, 2.24) is 19.1 Å². The summed E-state index contributed by atoms with van der Waals surface area (Å²) in [6, 6.07) is 12.0. The van der Waals surface area contributed by atoms with Gasteiger partial charge in [0.1, 0.15) is 17.3 Å². The molecular weight excluding hydrogens is 443 g/mol. The van der Waals surface area contributed by atoms with Crippen molar-refractivity contribution in [2.45, 2.75) is 19.6 Å². The summed E-state index contributed by atoms with van der Waals surface area (Å²) in [5.74, 6) is 1.45. The molecular formula is C21H18Cl2N4O4. The number of hydrogen-bond donors (Lipinski definition) is 2. The zero-order valence-electron chi connectivity index (χ0n) is 16.6. The first-order chi connectivity index (χ1) is 14.7. The van der Waals surface area contributed by atoms with Gasteiger partial charge in [0.25, 0.3) is 5.56 Å². The molecule has 31 heavy (non-hydrogen) atoms. The molecule has 1 atom stereocenters. The molecule has 4 aromatic rings. The number of aliphatic hydroxyl groups is 1. The molecule has 0 fully saturated rings. The van der Waals surface area contributed by atoms with Crippen molar-refractivity contribution in [2.75, 3.05) is 0 Å². The lowest BCUT2D eigenvalue weighted by Gasteiger charge is -2.09. The number of nitrogens with one attached hydrogen (secondary N) is 1. The van der Waals surface area contributed by atoms with E-state index in [9.17, 15) is 14.7 Å². The van der Waals surface area contributed by atoms with Gasteiger partial charge in [-0.25, -0.2) is 9.78 Å². The van der Waals surface area contributed by atoms with Crippen LogP contribution in [0.4, 0.5) is 0 Å². The maximum atomic E-state index is 12.4. The van der Waals surface area contributed by atoms with Crippen LogP contribution in [0.15, 0.2) is 52.1 Å². The van der Waals surface area contributed by atoms with E-state index >= 15 is 0 Å². The minimum atomic E-state index is -0.795. The number of halogens is 2. The number of rotatable bonds is 5. The lowest BCUT2D eigenvalue weighted by Crippen LogP contribution is -2.33. The monoisotopic (exact) mass is 460 g/mol. The minimum Gasteiger partial charge on any atom is -0.456 e. The average Bonchev–Trinajstić information content (AvgIpc) is 3.06. The van der Waals surface area contributed by atoms with Crippen molar-refractivity contribution in [3.8, 4) is 22.9 Å². The zero-order valence-corrected chi connectivity index (χ0v) is 18.1. The van der Waals surface area contributed by atoms with Crippen molar-refractivity contribution in [1.29, 1.82) is 0 Å². The Kier molecular flexibility index (Phi) is 5.62. The maximum absolute atomic E-state index is 12.4. The summed E-state index contributed by atoms with van der Waals surface area (Å²) in [7, 11) is 1.67. The molecule has 0 aliphatic carbocycles. The zero-order chi connectivity index (χ0) is 22.3. The number of benzene rings is 2. The Morgan fingerprint density at radius 3 is 2.52 bits per heavy atom. The Hall–Kier alpha value is -3.07. The van der Waals surface area contributed by atoms with Gasteiger partial charge in [0.2, 0.25) is 0 Å². The standard InChI is InChI=1S/C21H18Cl2N4O4/c1-11(28)10-27-19-17(20(29)25-21(27)30)26(2)18(24-19)12-3-8-16(15(23)9-12)31-14-6-4-13(22)5-7-14/h3-9,11,28H,10H2,1-2H3,(H,25,29,30). The van der Waals surface area contributed by atoms with Crippen LogP contribution in [0.5, 0.6) is 11.5 Å². The Labute approximate surface area is 186 Å². The maximum Gasteiger partial charge on any atom is 0.330 e. The first-order valence-electron chi connectivity index (χ1n) is 9.35. The third-order valence-corrected chi connectivity index (χ3v) is 5.24. The van der Waals surface area contributed by atoms with E-state index in [1.807, 2.05) is 0 Å². The molecule has 0 saturated heterocycles. The predicted molar refractivity (Wildman–Crippen MR) is 119 cm³/mol. The molecule has 10 heteroatoms. The van der Waals surface area contributed by atoms with E-state index in [1.54, 1.807) is 61.0 Å². The minimum absolute atomic E-state index is 0.00278. The van der Waals surface area contributed by atoms with Gasteiger partial charge in [0.15, 0.2) is 11.2 Å². The van der Waals surface area contributed by atoms with Crippen molar-refractivity contribution < 1.29 is 9.84 Å². The van der Waals surface area contributed by atoms with Crippen LogP contribution in [0.1, 0.15) is 6.92 Å². The molecule has 0 spiro atoms. The summed E-state index contributed by atoms with van der Waals surface area (Å²) in [4.78, 5) is 31.4. The number of ether oxygens (including phenoxy) is 1. The fourth-order valence-corrected chi connectivity index (χ4v) is 3.64. The average molecular weight is 461 g/mol. The van der Waals surface area contributed by atoms with Gasteiger partial charge in [0, 0.05) is 17.6 Å². The van der Waals surface area contributed by atoms with E-state index in [2.05, 4.69) is 9.97 Å². The first-order valence-corrected chi connectivity index (χ1v) is 10.1. The lowest BCUT2D eigenvalue weighted by atomic mass is 10.2. The van der Waals surface area contributed by atoms with Gasteiger partial charge in [-0.3, -0.25) is 14.3 Å². The normalized spacial score (nSPS) is 12.3. The summed E-state index contributed by atoms with van der Waals surface area (Å²) in [5, 5.41) is 10.7. The largest absolute Gasteiger partial charge is 0.456 e. The van der Waals surface area contributed by atoms with Crippen LogP contribution in [0.25, 0.3) is 22.6 Å². The van der Waals surface area contributed by atoms with Gasteiger partial charge < -0.3 is 14.4 Å². The second kappa shape index (κ2) is 8.22. The molecule has 0 bridgehead atoms. The number of aryl methyl sites for hydroxylation is 1. The molecule has 8 nitrogen and oxygen atoms in total. The molecule has 0 amide bonds. The highest BCUT2D eigenvalue weighted by atomic mass is 35.5. The van der Waals surface area contributed by atoms with Gasteiger partial charge in [-0.15, -0.1) is 0 Å². The number of H-pyrrole nitrogens is 1.